The first-order chi connectivity index (χ1) is 12.7. The second-order valence-corrected chi connectivity index (χ2v) is 7.74. The van der Waals surface area contributed by atoms with Crippen molar-refractivity contribution in [2.75, 3.05) is 20.2 Å². The van der Waals surface area contributed by atoms with Gasteiger partial charge in [0.2, 0.25) is 0 Å². The first-order valence-corrected chi connectivity index (χ1v) is 9.81. The largest absolute Gasteiger partial charge is 0.496 e. The molecule has 134 valence electrons. The summed E-state index contributed by atoms with van der Waals surface area (Å²) >= 11 is 1.51. The Morgan fingerprint density at radius 1 is 1.35 bits per heavy atom. The van der Waals surface area contributed by atoms with Crippen LogP contribution in [-0.2, 0) is 0 Å². The molecule has 0 unspecified atom stereocenters. The SMILES string of the molecule is COc1ccc2cnc([C@H]3CCCN(C(=O)c4cccs4)C3)cc2c1C. The minimum absolute atomic E-state index is 0.142. The molecule has 0 N–H and O–H groups in total. The summed E-state index contributed by atoms with van der Waals surface area (Å²) in [6, 6.07) is 10.0. The Labute approximate surface area is 157 Å². The highest BCUT2D eigenvalue weighted by atomic mass is 32.1. The monoisotopic (exact) mass is 366 g/mol. The number of rotatable bonds is 3. The third kappa shape index (κ3) is 3.07. The maximum Gasteiger partial charge on any atom is 0.263 e. The molecule has 1 atom stereocenters. The Kier molecular flexibility index (Phi) is 4.64. The molecule has 1 fully saturated rings. The van der Waals surface area contributed by atoms with Gasteiger partial charge in [-0.25, -0.2) is 0 Å². The fourth-order valence-electron chi connectivity index (χ4n) is 3.77. The maximum atomic E-state index is 12.7. The Hall–Kier alpha value is -2.40. The van der Waals surface area contributed by atoms with Crippen molar-refractivity contribution in [3.63, 3.8) is 0 Å². The molecular weight excluding hydrogens is 344 g/mol. The van der Waals surface area contributed by atoms with Crippen LogP contribution >= 0.6 is 11.3 Å². The number of pyridine rings is 1. The van der Waals surface area contributed by atoms with Crippen LogP contribution in [-0.4, -0.2) is 36.0 Å². The van der Waals surface area contributed by atoms with E-state index >= 15 is 0 Å². The Balaban J connectivity index is 1.62. The summed E-state index contributed by atoms with van der Waals surface area (Å²) in [5, 5.41) is 4.25. The van der Waals surface area contributed by atoms with E-state index in [0.717, 1.165) is 53.2 Å². The molecule has 2 aromatic heterocycles. The first kappa shape index (κ1) is 17.0. The van der Waals surface area contributed by atoms with E-state index in [1.54, 1.807) is 7.11 Å². The van der Waals surface area contributed by atoms with Crippen molar-refractivity contribution in [3.8, 4) is 5.75 Å². The summed E-state index contributed by atoms with van der Waals surface area (Å²) < 4.78 is 5.46. The number of benzene rings is 1. The maximum absolute atomic E-state index is 12.7. The lowest BCUT2D eigenvalue weighted by Gasteiger charge is -2.32. The average molecular weight is 366 g/mol. The van der Waals surface area contributed by atoms with E-state index in [2.05, 4.69) is 13.0 Å². The summed E-state index contributed by atoms with van der Waals surface area (Å²) in [5.41, 5.74) is 2.20. The van der Waals surface area contributed by atoms with Gasteiger partial charge < -0.3 is 9.64 Å². The molecule has 3 aromatic rings. The zero-order valence-electron chi connectivity index (χ0n) is 15.1. The third-order valence-electron chi connectivity index (χ3n) is 5.22. The van der Waals surface area contributed by atoms with Crippen LogP contribution in [0.2, 0.25) is 0 Å². The van der Waals surface area contributed by atoms with E-state index in [4.69, 9.17) is 9.72 Å². The summed E-state index contributed by atoms with van der Waals surface area (Å²) in [5.74, 6) is 1.32. The van der Waals surface area contributed by atoms with Gasteiger partial charge >= 0.3 is 0 Å². The van der Waals surface area contributed by atoms with E-state index < -0.39 is 0 Å². The van der Waals surface area contributed by atoms with E-state index in [0.29, 0.717) is 0 Å². The zero-order valence-corrected chi connectivity index (χ0v) is 15.9. The van der Waals surface area contributed by atoms with Gasteiger partial charge in [0, 0.05) is 36.3 Å². The molecule has 1 aliphatic heterocycles. The van der Waals surface area contributed by atoms with Crippen LogP contribution in [0.5, 0.6) is 5.75 Å². The molecule has 3 heterocycles. The van der Waals surface area contributed by atoms with Crippen molar-refractivity contribution < 1.29 is 9.53 Å². The lowest BCUT2D eigenvalue weighted by molar-refractivity contribution is 0.0711. The first-order valence-electron chi connectivity index (χ1n) is 8.93. The van der Waals surface area contributed by atoms with Crippen molar-refractivity contribution in [2.24, 2.45) is 0 Å². The molecule has 0 aliphatic carbocycles. The van der Waals surface area contributed by atoms with Crippen molar-refractivity contribution in [1.29, 1.82) is 0 Å². The van der Waals surface area contributed by atoms with E-state index in [9.17, 15) is 4.79 Å². The molecule has 1 aliphatic rings. The number of piperidine rings is 1. The van der Waals surface area contributed by atoms with Crippen LogP contribution < -0.4 is 4.74 Å². The van der Waals surface area contributed by atoms with Gasteiger partial charge in [-0.05, 0) is 60.4 Å². The normalized spacial score (nSPS) is 17.5. The van der Waals surface area contributed by atoms with E-state index in [1.165, 1.54) is 16.7 Å². The van der Waals surface area contributed by atoms with E-state index in [-0.39, 0.29) is 11.8 Å². The molecule has 26 heavy (non-hydrogen) atoms. The summed E-state index contributed by atoms with van der Waals surface area (Å²) in [4.78, 5) is 20.2. The van der Waals surface area contributed by atoms with Crippen LogP contribution in [0.3, 0.4) is 0 Å². The van der Waals surface area contributed by atoms with E-state index in [1.807, 2.05) is 40.7 Å². The summed E-state index contributed by atoms with van der Waals surface area (Å²) in [7, 11) is 1.70. The number of carbonyl (C=O) groups excluding carboxylic acids is 1. The number of aryl methyl sites for hydroxylation is 1. The number of amides is 1. The zero-order chi connectivity index (χ0) is 18.1. The molecule has 1 saturated heterocycles. The number of carbonyl (C=O) groups is 1. The van der Waals surface area contributed by atoms with Crippen molar-refractivity contribution in [2.45, 2.75) is 25.7 Å². The molecular formula is C21H22N2O2S. The highest BCUT2D eigenvalue weighted by molar-refractivity contribution is 7.12. The second-order valence-electron chi connectivity index (χ2n) is 6.79. The number of methoxy groups -OCH3 is 1. The molecule has 0 bridgehead atoms. The fourth-order valence-corrected chi connectivity index (χ4v) is 4.46. The molecule has 0 spiro atoms. The number of nitrogens with zero attached hydrogens (tertiary/aromatic N) is 2. The molecule has 4 nitrogen and oxygen atoms in total. The lowest BCUT2D eigenvalue weighted by atomic mass is 9.92. The molecule has 4 rings (SSSR count). The summed E-state index contributed by atoms with van der Waals surface area (Å²) in [6.45, 7) is 3.64. The number of hydrogen-bond acceptors (Lipinski definition) is 4. The minimum Gasteiger partial charge on any atom is -0.496 e. The number of hydrogen-bond donors (Lipinski definition) is 0. The van der Waals surface area contributed by atoms with Crippen LogP contribution in [0.15, 0.2) is 41.9 Å². The predicted molar refractivity (Wildman–Crippen MR) is 105 cm³/mol. The third-order valence-corrected chi connectivity index (χ3v) is 6.08. The van der Waals surface area contributed by atoms with Gasteiger partial charge in [-0.15, -0.1) is 11.3 Å². The Morgan fingerprint density at radius 2 is 2.23 bits per heavy atom. The van der Waals surface area contributed by atoms with Crippen LogP contribution in [0, 0.1) is 6.92 Å². The standard InChI is InChI=1S/C21H22N2O2S/c1-14-17-11-18(22-12-15(17)7-8-19(14)25-2)16-5-3-9-23(13-16)21(24)20-6-4-10-26-20/h4,6-8,10-12,16H,3,5,9,13H2,1-2H3/t16-/m0/s1. The number of fused-ring (bicyclic) bond motifs is 1. The Morgan fingerprint density at radius 3 is 3.00 bits per heavy atom. The second kappa shape index (κ2) is 7.08. The number of thiophene rings is 1. The number of aromatic nitrogens is 1. The molecule has 1 aromatic carbocycles. The van der Waals surface area contributed by atoms with Crippen molar-refractivity contribution in [3.05, 3.63) is 58.0 Å². The van der Waals surface area contributed by atoms with Crippen LogP contribution in [0.1, 0.15) is 39.7 Å². The van der Waals surface area contributed by atoms with Gasteiger partial charge in [0.25, 0.3) is 5.91 Å². The minimum atomic E-state index is 0.142. The highest BCUT2D eigenvalue weighted by Crippen LogP contribution is 2.32. The van der Waals surface area contributed by atoms with Gasteiger partial charge in [-0.3, -0.25) is 9.78 Å². The van der Waals surface area contributed by atoms with Crippen molar-refractivity contribution >= 4 is 28.0 Å². The number of ether oxygens (including phenoxy) is 1. The number of likely N-dealkylation sites (tertiary alicyclic amines) is 1. The molecule has 1 amide bonds. The quantitative estimate of drug-likeness (QED) is 0.678. The summed E-state index contributed by atoms with van der Waals surface area (Å²) in [6.07, 6.45) is 4.02. The van der Waals surface area contributed by atoms with Crippen LogP contribution in [0.4, 0.5) is 0 Å². The molecule has 0 radical (unpaired) electrons. The Bertz CT molecular complexity index is 937. The predicted octanol–water partition coefficient (Wildman–Crippen LogP) is 4.63. The van der Waals surface area contributed by atoms with Gasteiger partial charge in [-0.1, -0.05) is 6.07 Å². The fraction of sp³-hybridized carbons (Fsp3) is 0.333. The lowest BCUT2D eigenvalue weighted by Crippen LogP contribution is -2.39. The molecule has 5 heteroatoms. The topological polar surface area (TPSA) is 42.4 Å². The van der Waals surface area contributed by atoms with Gasteiger partial charge in [-0.2, -0.15) is 0 Å². The average Bonchev–Trinajstić information content (AvgIpc) is 3.22. The van der Waals surface area contributed by atoms with Gasteiger partial charge in [0.05, 0.1) is 12.0 Å². The van der Waals surface area contributed by atoms with Gasteiger partial charge in [0.1, 0.15) is 5.75 Å². The van der Waals surface area contributed by atoms with Gasteiger partial charge in [0.15, 0.2) is 0 Å². The molecule has 0 saturated carbocycles. The smallest absolute Gasteiger partial charge is 0.263 e. The highest BCUT2D eigenvalue weighted by Gasteiger charge is 2.27. The van der Waals surface area contributed by atoms with Crippen LogP contribution in [0.25, 0.3) is 10.8 Å². The van der Waals surface area contributed by atoms with Crippen molar-refractivity contribution in [1.82, 2.24) is 9.88 Å².